The van der Waals surface area contributed by atoms with Gasteiger partial charge in [-0.3, -0.25) is 0 Å². The Bertz CT molecular complexity index is 163. The summed E-state index contributed by atoms with van der Waals surface area (Å²) in [7, 11) is 4.06. The molecule has 1 saturated carbocycles. The van der Waals surface area contributed by atoms with Crippen LogP contribution < -0.4 is 0 Å². The maximum absolute atomic E-state index is 4.06. The fourth-order valence-electron chi connectivity index (χ4n) is 1.44. The molecular formula is C10H20N2. The van der Waals surface area contributed by atoms with Crippen LogP contribution in [0.3, 0.4) is 0 Å². The van der Waals surface area contributed by atoms with Crippen LogP contribution in [0.25, 0.3) is 0 Å². The fraction of sp³-hybridized carbons (Fsp3) is 0.900. The number of hydrogen-bond donors (Lipinski definition) is 0. The molecule has 1 fully saturated rings. The molecule has 0 aromatic carbocycles. The summed E-state index contributed by atoms with van der Waals surface area (Å²) in [5.74, 6) is 1.65. The van der Waals surface area contributed by atoms with Crippen LogP contribution in [0.4, 0.5) is 0 Å². The van der Waals surface area contributed by atoms with Crippen LogP contribution in [0.5, 0.6) is 0 Å². The molecule has 0 N–H and O–H groups in total. The van der Waals surface area contributed by atoms with E-state index in [1.807, 2.05) is 7.05 Å². The second kappa shape index (κ2) is 4.04. The molecule has 0 heterocycles. The maximum Gasteiger partial charge on any atom is 0.0273 e. The van der Waals surface area contributed by atoms with E-state index in [9.17, 15) is 0 Å². The number of hydrogen-bond acceptors (Lipinski definition) is 2. The molecule has 0 saturated heterocycles. The van der Waals surface area contributed by atoms with Gasteiger partial charge in [0.15, 0.2) is 0 Å². The highest BCUT2D eigenvalue weighted by Gasteiger charge is 2.36. The van der Waals surface area contributed by atoms with Crippen molar-refractivity contribution in [1.29, 1.82) is 0 Å². The molecule has 70 valence electrons. The van der Waals surface area contributed by atoms with Crippen LogP contribution >= 0.6 is 0 Å². The number of rotatable bonds is 4. The van der Waals surface area contributed by atoms with Crippen molar-refractivity contribution >= 4 is 6.21 Å². The van der Waals surface area contributed by atoms with Crippen molar-refractivity contribution in [3.8, 4) is 0 Å². The smallest absolute Gasteiger partial charge is 0.0273 e. The standard InChI is InChI=1S/C10H20N2/c1-8(2)12(4)7-10-5-9(10)6-11-3/h6,8-10H,5,7H2,1-4H3/b11-6+/t9?,10-/m1/s1. The Labute approximate surface area is 75.7 Å². The van der Waals surface area contributed by atoms with Gasteiger partial charge in [0.1, 0.15) is 0 Å². The summed E-state index contributed by atoms with van der Waals surface area (Å²) in [4.78, 5) is 6.47. The van der Waals surface area contributed by atoms with Crippen LogP contribution in [-0.2, 0) is 0 Å². The molecule has 1 aliphatic rings. The lowest BCUT2D eigenvalue weighted by Crippen LogP contribution is -2.28. The maximum atomic E-state index is 4.06. The van der Waals surface area contributed by atoms with Gasteiger partial charge in [0.2, 0.25) is 0 Å². The van der Waals surface area contributed by atoms with Crippen molar-refractivity contribution in [3.05, 3.63) is 0 Å². The summed E-state index contributed by atoms with van der Waals surface area (Å²) in [6, 6.07) is 0.671. The normalized spacial score (nSPS) is 29.2. The largest absolute Gasteiger partial charge is 0.304 e. The molecule has 0 bridgehead atoms. The summed E-state index contributed by atoms with van der Waals surface area (Å²) in [5.41, 5.74) is 0. The van der Waals surface area contributed by atoms with E-state index in [1.54, 1.807) is 0 Å². The highest BCUT2D eigenvalue weighted by molar-refractivity contribution is 5.64. The fourth-order valence-corrected chi connectivity index (χ4v) is 1.44. The van der Waals surface area contributed by atoms with Crippen LogP contribution in [0.1, 0.15) is 20.3 Å². The first-order valence-corrected chi connectivity index (χ1v) is 4.77. The molecule has 1 unspecified atom stereocenters. The SMILES string of the molecule is C/N=C/C1C[C@@H]1CN(C)C(C)C. The minimum atomic E-state index is 0.671. The molecule has 1 aliphatic carbocycles. The van der Waals surface area contributed by atoms with Crippen LogP contribution in [0.2, 0.25) is 0 Å². The van der Waals surface area contributed by atoms with Crippen molar-refractivity contribution in [2.75, 3.05) is 20.6 Å². The Morgan fingerprint density at radius 3 is 2.75 bits per heavy atom. The van der Waals surface area contributed by atoms with Gasteiger partial charge in [-0.05, 0) is 39.2 Å². The third-order valence-corrected chi connectivity index (χ3v) is 2.72. The van der Waals surface area contributed by atoms with Crippen molar-refractivity contribution in [1.82, 2.24) is 4.90 Å². The molecular weight excluding hydrogens is 148 g/mol. The van der Waals surface area contributed by atoms with Crippen molar-refractivity contribution in [2.24, 2.45) is 16.8 Å². The van der Waals surface area contributed by atoms with Crippen LogP contribution in [0.15, 0.2) is 4.99 Å². The second-order valence-corrected chi connectivity index (χ2v) is 4.10. The van der Waals surface area contributed by atoms with E-state index < -0.39 is 0 Å². The minimum Gasteiger partial charge on any atom is -0.304 e. The molecule has 1 rings (SSSR count). The van der Waals surface area contributed by atoms with Gasteiger partial charge >= 0.3 is 0 Å². The zero-order chi connectivity index (χ0) is 9.14. The Hall–Kier alpha value is -0.370. The topological polar surface area (TPSA) is 15.6 Å². The van der Waals surface area contributed by atoms with Gasteiger partial charge in [-0.1, -0.05) is 0 Å². The van der Waals surface area contributed by atoms with Gasteiger partial charge < -0.3 is 9.89 Å². The average molecular weight is 168 g/mol. The van der Waals surface area contributed by atoms with Crippen LogP contribution in [0, 0.1) is 11.8 Å². The third-order valence-electron chi connectivity index (χ3n) is 2.72. The van der Waals surface area contributed by atoms with E-state index in [1.165, 1.54) is 13.0 Å². The number of aliphatic imine (C=N–C) groups is 1. The van der Waals surface area contributed by atoms with E-state index >= 15 is 0 Å². The molecule has 12 heavy (non-hydrogen) atoms. The van der Waals surface area contributed by atoms with Crippen molar-refractivity contribution < 1.29 is 0 Å². The molecule has 2 heteroatoms. The lowest BCUT2D eigenvalue weighted by Gasteiger charge is -2.20. The summed E-state index contributed by atoms with van der Waals surface area (Å²) >= 11 is 0. The lowest BCUT2D eigenvalue weighted by molar-refractivity contribution is 0.261. The second-order valence-electron chi connectivity index (χ2n) is 4.10. The first-order chi connectivity index (χ1) is 5.65. The Morgan fingerprint density at radius 1 is 1.58 bits per heavy atom. The van der Waals surface area contributed by atoms with E-state index in [0.29, 0.717) is 6.04 Å². The average Bonchev–Trinajstić information content (AvgIpc) is 2.68. The molecule has 0 aromatic heterocycles. The summed E-state index contributed by atoms with van der Waals surface area (Å²) in [6.45, 7) is 5.71. The molecule has 2 nitrogen and oxygen atoms in total. The van der Waals surface area contributed by atoms with Gasteiger partial charge in [0.25, 0.3) is 0 Å². The summed E-state index contributed by atoms with van der Waals surface area (Å²) in [6.07, 6.45) is 3.44. The van der Waals surface area contributed by atoms with Crippen LogP contribution in [-0.4, -0.2) is 37.8 Å². The van der Waals surface area contributed by atoms with Gasteiger partial charge in [0.05, 0.1) is 0 Å². The number of nitrogens with zero attached hydrogens (tertiary/aromatic N) is 2. The highest BCUT2D eigenvalue weighted by Crippen LogP contribution is 2.37. The molecule has 0 radical (unpaired) electrons. The first-order valence-electron chi connectivity index (χ1n) is 4.77. The van der Waals surface area contributed by atoms with Crippen molar-refractivity contribution in [3.63, 3.8) is 0 Å². The lowest BCUT2D eigenvalue weighted by atomic mass is 10.2. The highest BCUT2D eigenvalue weighted by atomic mass is 15.1. The zero-order valence-corrected chi connectivity index (χ0v) is 8.62. The summed E-state index contributed by atoms with van der Waals surface area (Å²) in [5, 5.41) is 0. The van der Waals surface area contributed by atoms with E-state index in [2.05, 4.69) is 37.0 Å². The minimum absolute atomic E-state index is 0.671. The zero-order valence-electron chi connectivity index (χ0n) is 8.62. The van der Waals surface area contributed by atoms with E-state index in [0.717, 1.165) is 11.8 Å². The van der Waals surface area contributed by atoms with Gasteiger partial charge in [-0.2, -0.15) is 0 Å². The third kappa shape index (κ3) is 2.59. The van der Waals surface area contributed by atoms with E-state index in [-0.39, 0.29) is 0 Å². The van der Waals surface area contributed by atoms with Gasteiger partial charge in [-0.15, -0.1) is 0 Å². The molecule has 0 amide bonds. The quantitative estimate of drug-likeness (QED) is 0.583. The molecule has 0 aliphatic heterocycles. The predicted molar refractivity (Wildman–Crippen MR) is 53.8 cm³/mol. The molecule has 0 aromatic rings. The Morgan fingerprint density at radius 2 is 2.25 bits per heavy atom. The first kappa shape index (κ1) is 9.72. The molecule has 0 spiro atoms. The Balaban J connectivity index is 2.18. The molecule has 2 atom stereocenters. The Kier molecular flexibility index (Phi) is 3.27. The van der Waals surface area contributed by atoms with E-state index in [4.69, 9.17) is 0 Å². The monoisotopic (exact) mass is 168 g/mol. The van der Waals surface area contributed by atoms with Gasteiger partial charge in [-0.25, -0.2) is 0 Å². The van der Waals surface area contributed by atoms with Gasteiger partial charge in [0, 0.05) is 25.8 Å². The van der Waals surface area contributed by atoms with Crippen molar-refractivity contribution in [2.45, 2.75) is 26.3 Å². The summed E-state index contributed by atoms with van der Waals surface area (Å²) < 4.78 is 0. The predicted octanol–water partition coefficient (Wildman–Crippen LogP) is 1.66.